The van der Waals surface area contributed by atoms with E-state index in [0.717, 1.165) is 16.7 Å². The highest BCUT2D eigenvalue weighted by molar-refractivity contribution is 5.79. The number of hydrogen-bond acceptors (Lipinski definition) is 2. The number of rotatable bonds is 4. The smallest absolute Gasteiger partial charge is 0.227 e. The molecule has 1 rings (SSSR count). The predicted octanol–water partition coefficient (Wildman–Crippen LogP) is 2.08. The molecule has 1 amide bonds. The molecule has 0 aromatic heterocycles. The van der Waals surface area contributed by atoms with Crippen LogP contribution in [0, 0.1) is 13.8 Å². The van der Waals surface area contributed by atoms with E-state index in [0.29, 0.717) is 6.42 Å². The first-order chi connectivity index (χ1) is 8.27. The average molecular weight is 249 g/mol. The number of aryl methyl sites for hydroxylation is 2. The maximum Gasteiger partial charge on any atom is 0.227 e. The van der Waals surface area contributed by atoms with Crippen molar-refractivity contribution in [3.63, 3.8) is 0 Å². The van der Waals surface area contributed by atoms with Crippen molar-refractivity contribution in [3.05, 3.63) is 34.9 Å². The standard InChI is InChI=1S/C15H23NO2/c1-11-6-7-12(2)13(8-11)9-14(18)16(5)15(3,4)10-17/h6-8,17H,9-10H2,1-5H3. The van der Waals surface area contributed by atoms with Crippen LogP contribution in [0.25, 0.3) is 0 Å². The van der Waals surface area contributed by atoms with Crippen molar-refractivity contribution >= 4 is 5.91 Å². The number of carbonyl (C=O) groups is 1. The highest BCUT2D eigenvalue weighted by atomic mass is 16.3. The molecule has 0 fully saturated rings. The molecule has 0 bridgehead atoms. The second-order valence-electron chi connectivity index (χ2n) is 5.53. The zero-order valence-corrected chi connectivity index (χ0v) is 11.9. The summed E-state index contributed by atoms with van der Waals surface area (Å²) in [7, 11) is 1.74. The minimum Gasteiger partial charge on any atom is -0.394 e. The molecule has 0 saturated heterocycles. The van der Waals surface area contributed by atoms with Gasteiger partial charge in [0.1, 0.15) is 0 Å². The summed E-state index contributed by atoms with van der Waals surface area (Å²) in [6.45, 7) is 7.71. The molecule has 0 spiro atoms. The molecule has 0 radical (unpaired) electrons. The van der Waals surface area contributed by atoms with Gasteiger partial charge in [-0.15, -0.1) is 0 Å². The highest BCUT2D eigenvalue weighted by Crippen LogP contribution is 2.16. The number of aliphatic hydroxyl groups excluding tert-OH is 1. The lowest BCUT2D eigenvalue weighted by Crippen LogP contribution is -2.48. The van der Waals surface area contributed by atoms with Crippen molar-refractivity contribution in [2.45, 2.75) is 39.7 Å². The van der Waals surface area contributed by atoms with Crippen LogP contribution in [0.1, 0.15) is 30.5 Å². The minimum atomic E-state index is -0.519. The van der Waals surface area contributed by atoms with Crippen molar-refractivity contribution in [3.8, 4) is 0 Å². The van der Waals surface area contributed by atoms with Crippen molar-refractivity contribution in [2.75, 3.05) is 13.7 Å². The van der Waals surface area contributed by atoms with E-state index in [2.05, 4.69) is 0 Å². The number of likely N-dealkylation sites (N-methyl/N-ethyl adjacent to an activating group) is 1. The fourth-order valence-electron chi connectivity index (χ4n) is 1.72. The van der Waals surface area contributed by atoms with E-state index in [1.807, 2.05) is 45.9 Å². The van der Waals surface area contributed by atoms with Gasteiger partial charge in [0.25, 0.3) is 0 Å². The van der Waals surface area contributed by atoms with E-state index in [9.17, 15) is 9.90 Å². The van der Waals surface area contributed by atoms with E-state index < -0.39 is 5.54 Å². The van der Waals surface area contributed by atoms with Crippen LogP contribution in [0.2, 0.25) is 0 Å². The van der Waals surface area contributed by atoms with Gasteiger partial charge in [0.2, 0.25) is 5.91 Å². The maximum absolute atomic E-state index is 12.2. The Labute approximate surface area is 109 Å². The van der Waals surface area contributed by atoms with E-state index in [1.165, 1.54) is 0 Å². The quantitative estimate of drug-likeness (QED) is 0.887. The summed E-state index contributed by atoms with van der Waals surface area (Å²) in [5.74, 6) is 0.0303. The Balaban J connectivity index is 2.85. The van der Waals surface area contributed by atoms with E-state index in [1.54, 1.807) is 11.9 Å². The molecule has 1 N–H and O–H groups in total. The topological polar surface area (TPSA) is 40.5 Å². The summed E-state index contributed by atoms with van der Waals surface area (Å²) >= 11 is 0. The van der Waals surface area contributed by atoms with Gasteiger partial charge >= 0.3 is 0 Å². The number of benzene rings is 1. The molecule has 18 heavy (non-hydrogen) atoms. The first-order valence-electron chi connectivity index (χ1n) is 6.21. The molecule has 0 saturated carbocycles. The molecular weight excluding hydrogens is 226 g/mol. The number of nitrogens with zero attached hydrogens (tertiary/aromatic N) is 1. The van der Waals surface area contributed by atoms with Crippen LogP contribution in [-0.4, -0.2) is 35.1 Å². The van der Waals surface area contributed by atoms with Gasteiger partial charge in [-0.2, -0.15) is 0 Å². The van der Waals surface area contributed by atoms with Gasteiger partial charge in [0.05, 0.1) is 18.6 Å². The Bertz CT molecular complexity index is 438. The lowest BCUT2D eigenvalue weighted by atomic mass is 10.00. The third-order valence-corrected chi connectivity index (χ3v) is 3.52. The highest BCUT2D eigenvalue weighted by Gasteiger charge is 2.26. The van der Waals surface area contributed by atoms with Gasteiger partial charge < -0.3 is 10.0 Å². The third-order valence-electron chi connectivity index (χ3n) is 3.52. The summed E-state index contributed by atoms with van der Waals surface area (Å²) in [5, 5.41) is 9.28. The molecule has 3 heteroatoms. The van der Waals surface area contributed by atoms with Crippen LogP contribution < -0.4 is 0 Å². The summed E-state index contributed by atoms with van der Waals surface area (Å²) in [6.07, 6.45) is 0.382. The Hall–Kier alpha value is -1.35. The molecule has 0 atom stereocenters. The SMILES string of the molecule is Cc1ccc(C)c(CC(=O)N(C)C(C)(C)CO)c1. The van der Waals surface area contributed by atoms with Gasteiger partial charge in [0, 0.05) is 7.05 Å². The number of amides is 1. The fourth-order valence-corrected chi connectivity index (χ4v) is 1.72. The van der Waals surface area contributed by atoms with Gasteiger partial charge in [-0.05, 0) is 38.8 Å². The molecule has 0 unspecified atom stereocenters. The molecule has 1 aromatic rings. The fraction of sp³-hybridized carbons (Fsp3) is 0.533. The summed E-state index contributed by atoms with van der Waals surface area (Å²) in [6, 6.07) is 6.13. The average Bonchev–Trinajstić information content (AvgIpc) is 2.32. The molecule has 0 aliphatic rings. The van der Waals surface area contributed by atoms with Crippen LogP contribution in [0.4, 0.5) is 0 Å². The molecule has 3 nitrogen and oxygen atoms in total. The Morgan fingerprint density at radius 1 is 1.33 bits per heavy atom. The lowest BCUT2D eigenvalue weighted by molar-refractivity contribution is -0.135. The number of aliphatic hydroxyl groups is 1. The van der Waals surface area contributed by atoms with Crippen molar-refractivity contribution in [2.24, 2.45) is 0 Å². The first kappa shape index (κ1) is 14.7. The maximum atomic E-state index is 12.2. The van der Waals surface area contributed by atoms with Gasteiger partial charge in [-0.1, -0.05) is 23.8 Å². The van der Waals surface area contributed by atoms with Crippen molar-refractivity contribution < 1.29 is 9.90 Å². The molecule has 100 valence electrons. The van der Waals surface area contributed by atoms with Crippen LogP contribution >= 0.6 is 0 Å². The second-order valence-corrected chi connectivity index (χ2v) is 5.53. The van der Waals surface area contributed by atoms with E-state index in [-0.39, 0.29) is 12.5 Å². The molecule has 1 aromatic carbocycles. The minimum absolute atomic E-state index is 0.0303. The molecule has 0 aliphatic carbocycles. The molecular formula is C15H23NO2. The van der Waals surface area contributed by atoms with Gasteiger partial charge in [-0.3, -0.25) is 4.79 Å². The number of hydrogen-bond donors (Lipinski definition) is 1. The summed E-state index contributed by atoms with van der Waals surface area (Å²) < 4.78 is 0. The second kappa shape index (κ2) is 5.53. The van der Waals surface area contributed by atoms with Crippen LogP contribution in [0.5, 0.6) is 0 Å². The first-order valence-corrected chi connectivity index (χ1v) is 6.21. The zero-order chi connectivity index (χ0) is 13.9. The number of carbonyl (C=O) groups excluding carboxylic acids is 1. The summed E-state index contributed by atoms with van der Waals surface area (Å²) in [4.78, 5) is 13.8. The van der Waals surface area contributed by atoms with Crippen LogP contribution in [0.15, 0.2) is 18.2 Å². The van der Waals surface area contributed by atoms with Gasteiger partial charge in [0.15, 0.2) is 0 Å². The van der Waals surface area contributed by atoms with E-state index >= 15 is 0 Å². The Morgan fingerprint density at radius 3 is 2.50 bits per heavy atom. The molecule has 0 heterocycles. The monoisotopic (exact) mass is 249 g/mol. The van der Waals surface area contributed by atoms with Crippen LogP contribution in [-0.2, 0) is 11.2 Å². The summed E-state index contributed by atoms with van der Waals surface area (Å²) in [5.41, 5.74) is 2.83. The Morgan fingerprint density at radius 2 is 1.94 bits per heavy atom. The molecule has 0 aliphatic heterocycles. The zero-order valence-electron chi connectivity index (χ0n) is 11.9. The van der Waals surface area contributed by atoms with E-state index in [4.69, 9.17) is 0 Å². The lowest BCUT2D eigenvalue weighted by Gasteiger charge is -2.34. The Kier molecular flexibility index (Phi) is 4.52. The largest absolute Gasteiger partial charge is 0.394 e. The van der Waals surface area contributed by atoms with Gasteiger partial charge in [-0.25, -0.2) is 0 Å². The normalized spacial score (nSPS) is 11.4. The van der Waals surface area contributed by atoms with Crippen LogP contribution in [0.3, 0.4) is 0 Å². The predicted molar refractivity (Wildman–Crippen MR) is 73.6 cm³/mol. The van der Waals surface area contributed by atoms with Crippen molar-refractivity contribution in [1.29, 1.82) is 0 Å². The third kappa shape index (κ3) is 3.33. The van der Waals surface area contributed by atoms with Crippen molar-refractivity contribution in [1.82, 2.24) is 4.90 Å².